The third kappa shape index (κ3) is 4.44. The van der Waals surface area contributed by atoms with Crippen molar-refractivity contribution in [3.8, 4) is 5.88 Å². The number of hydrogen-bond donors (Lipinski definition) is 2. The monoisotopic (exact) mass is 434 g/mol. The molecule has 1 aromatic carbocycles. The van der Waals surface area contributed by atoms with Crippen LogP contribution in [0.4, 0.5) is 5.82 Å². The van der Waals surface area contributed by atoms with Gasteiger partial charge in [-0.25, -0.2) is 14.8 Å². The van der Waals surface area contributed by atoms with Crippen molar-refractivity contribution in [2.75, 3.05) is 24.5 Å². The first kappa shape index (κ1) is 21.8. The number of rotatable bonds is 5. The zero-order chi connectivity index (χ0) is 22.7. The summed E-state index contributed by atoms with van der Waals surface area (Å²) in [7, 11) is 0. The second kappa shape index (κ2) is 9.37. The first-order valence-corrected chi connectivity index (χ1v) is 10.5. The quantitative estimate of drug-likeness (QED) is 0.582. The van der Waals surface area contributed by atoms with Crippen molar-refractivity contribution >= 4 is 11.8 Å². The highest BCUT2D eigenvalue weighted by Crippen LogP contribution is 2.27. The van der Waals surface area contributed by atoms with E-state index in [-0.39, 0.29) is 11.6 Å². The van der Waals surface area contributed by atoms with Gasteiger partial charge in [-0.05, 0) is 31.9 Å². The van der Waals surface area contributed by atoms with E-state index in [1.165, 1.54) is 6.20 Å². The summed E-state index contributed by atoms with van der Waals surface area (Å²) in [5.41, 5.74) is 2.54. The van der Waals surface area contributed by atoms with Crippen molar-refractivity contribution in [1.82, 2.24) is 25.5 Å². The minimum Gasteiger partial charge on any atom is -0.401 e. The van der Waals surface area contributed by atoms with E-state index in [4.69, 9.17) is 4.74 Å². The Morgan fingerprint density at radius 3 is 2.62 bits per heavy atom. The van der Waals surface area contributed by atoms with Gasteiger partial charge in [0.15, 0.2) is 5.69 Å². The predicted octanol–water partition coefficient (Wildman–Crippen LogP) is 1.98. The Morgan fingerprint density at radius 2 is 1.94 bits per heavy atom. The molecular formula is C23H26N6O3. The van der Waals surface area contributed by atoms with Gasteiger partial charge in [0.1, 0.15) is 11.9 Å². The first-order valence-electron chi connectivity index (χ1n) is 10.5. The lowest BCUT2D eigenvalue weighted by molar-refractivity contribution is 0.0717. The lowest BCUT2D eigenvalue weighted by Crippen LogP contribution is -2.50. The molecule has 2 aromatic heterocycles. The zero-order valence-electron chi connectivity index (χ0n) is 18.3. The van der Waals surface area contributed by atoms with Crippen molar-refractivity contribution < 1.29 is 14.6 Å². The van der Waals surface area contributed by atoms with Crippen molar-refractivity contribution in [3.63, 3.8) is 0 Å². The minimum atomic E-state index is -0.919. The van der Waals surface area contributed by atoms with Crippen LogP contribution in [0.1, 0.15) is 45.9 Å². The molecule has 2 N–H and O–H groups in total. The molecule has 0 amide bonds. The number of piperazine rings is 1. The smallest absolute Gasteiger partial charge is 0.365 e. The summed E-state index contributed by atoms with van der Waals surface area (Å²) in [4.78, 5) is 23.4. The van der Waals surface area contributed by atoms with E-state index in [1.54, 1.807) is 13.1 Å². The summed E-state index contributed by atoms with van der Waals surface area (Å²) in [6.45, 7) is 8.27. The number of anilines is 1. The molecule has 0 radical (unpaired) electrons. The van der Waals surface area contributed by atoms with Gasteiger partial charge in [0.05, 0.1) is 18.1 Å². The molecule has 0 aliphatic carbocycles. The highest BCUT2D eigenvalue weighted by molar-refractivity contribution is 5.88. The van der Waals surface area contributed by atoms with Crippen LogP contribution in [0.5, 0.6) is 5.88 Å². The maximum atomic E-state index is 12.6. The van der Waals surface area contributed by atoms with Crippen molar-refractivity contribution in [2.24, 2.45) is 0 Å². The number of benzene rings is 1. The Kier molecular flexibility index (Phi) is 6.38. The van der Waals surface area contributed by atoms with Crippen LogP contribution >= 0.6 is 0 Å². The number of nitrogens with one attached hydrogen (secondary N) is 1. The van der Waals surface area contributed by atoms with Gasteiger partial charge in [-0.1, -0.05) is 30.3 Å². The van der Waals surface area contributed by atoms with Gasteiger partial charge in [-0.2, -0.15) is 0 Å². The molecular weight excluding hydrogens is 408 g/mol. The van der Waals surface area contributed by atoms with Crippen molar-refractivity contribution in [3.05, 3.63) is 70.8 Å². The topological polar surface area (TPSA) is 113 Å². The molecule has 1 aliphatic rings. The summed E-state index contributed by atoms with van der Waals surface area (Å²) >= 11 is 0. The Hall–Kier alpha value is -3.43. The molecule has 32 heavy (non-hydrogen) atoms. The summed E-state index contributed by atoms with van der Waals surface area (Å²) < 4.78 is 5.44. The van der Waals surface area contributed by atoms with Gasteiger partial charge in [-0.15, -0.1) is 10.2 Å². The van der Waals surface area contributed by atoms with Gasteiger partial charge >= 0.3 is 5.97 Å². The molecule has 1 fully saturated rings. The largest absolute Gasteiger partial charge is 0.401 e. The molecule has 4 rings (SSSR count). The normalized spacial score (nSPS) is 17.1. The number of carbonyl (C=O) groups excluding carboxylic acids is 1. The Bertz CT molecular complexity index is 1090. The fraction of sp³-hybridized carbons (Fsp3) is 0.348. The molecule has 1 saturated heterocycles. The fourth-order valence-electron chi connectivity index (χ4n) is 3.65. The number of carbonyl (C=O) groups is 1. The second-order valence-corrected chi connectivity index (χ2v) is 7.85. The Balaban J connectivity index is 1.49. The number of esters is 1. The van der Waals surface area contributed by atoms with Crippen LogP contribution in [0.2, 0.25) is 0 Å². The number of aliphatic hydroxyl groups is 1. The summed E-state index contributed by atoms with van der Waals surface area (Å²) in [5.74, 6) is 0.144. The molecule has 1 aliphatic heterocycles. The van der Waals surface area contributed by atoms with Gasteiger partial charge in [0, 0.05) is 31.2 Å². The van der Waals surface area contributed by atoms with E-state index in [1.807, 2.05) is 37.3 Å². The molecule has 0 saturated carbocycles. The van der Waals surface area contributed by atoms with Crippen LogP contribution in [0.15, 0.2) is 42.7 Å². The highest BCUT2D eigenvalue weighted by Gasteiger charge is 2.23. The third-order valence-corrected chi connectivity index (χ3v) is 5.72. The van der Waals surface area contributed by atoms with E-state index in [2.05, 4.69) is 37.3 Å². The number of ether oxygens (including phenoxy) is 1. The van der Waals surface area contributed by atoms with Crippen LogP contribution in [0.3, 0.4) is 0 Å². The van der Waals surface area contributed by atoms with E-state index in [0.29, 0.717) is 28.4 Å². The van der Waals surface area contributed by atoms with Crippen LogP contribution in [-0.4, -0.2) is 56.9 Å². The van der Waals surface area contributed by atoms with Gasteiger partial charge in [0.2, 0.25) is 5.88 Å². The van der Waals surface area contributed by atoms with Crippen LogP contribution < -0.4 is 15.0 Å². The Morgan fingerprint density at radius 1 is 1.16 bits per heavy atom. The van der Waals surface area contributed by atoms with Gasteiger partial charge < -0.3 is 20.1 Å². The number of aromatic nitrogens is 4. The molecule has 9 nitrogen and oxygen atoms in total. The summed E-state index contributed by atoms with van der Waals surface area (Å²) in [6.07, 6.45) is 2.08. The molecule has 0 spiro atoms. The number of nitrogens with zero attached hydrogens (tertiary/aromatic N) is 5. The summed E-state index contributed by atoms with van der Waals surface area (Å²) in [5, 5.41) is 22.1. The van der Waals surface area contributed by atoms with Crippen molar-refractivity contribution in [2.45, 2.75) is 32.9 Å². The molecule has 3 heterocycles. The van der Waals surface area contributed by atoms with Crippen molar-refractivity contribution in [1.29, 1.82) is 0 Å². The van der Waals surface area contributed by atoms with E-state index in [9.17, 15) is 9.90 Å². The van der Waals surface area contributed by atoms with E-state index < -0.39 is 12.1 Å². The summed E-state index contributed by atoms with van der Waals surface area (Å²) in [6, 6.07) is 9.50. The number of hydrogen-bond acceptors (Lipinski definition) is 9. The molecule has 2 unspecified atom stereocenters. The first-order chi connectivity index (χ1) is 15.5. The SMILES string of the molecule is Cc1c(OC(=O)c2cnc(N3CCNCC3C)cn2)nnc(C(O)c2ccccc2)c1C. The zero-order valence-corrected chi connectivity index (χ0v) is 18.3. The molecule has 0 bridgehead atoms. The molecule has 2 atom stereocenters. The average molecular weight is 435 g/mol. The van der Waals surface area contributed by atoms with E-state index >= 15 is 0 Å². The fourth-order valence-corrected chi connectivity index (χ4v) is 3.65. The van der Waals surface area contributed by atoms with E-state index in [0.717, 1.165) is 25.5 Å². The lowest BCUT2D eigenvalue weighted by Gasteiger charge is -2.34. The van der Waals surface area contributed by atoms with Crippen LogP contribution in [0.25, 0.3) is 0 Å². The maximum Gasteiger partial charge on any atom is 0.365 e. The van der Waals surface area contributed by atoms with Gasteiger partial charge in [-0.3, -0.25) is 0 Å². The predicted molar refractivity (Wildman–Crippen MR) is 119 cm³/mol. The number of aliphatic hydroxyl groups excluding tert-OH is 1. The molecule has 9 heteroatoms. The van der Waals surface area contributed by atoms with Crippen LogP contribution in [0, 0.1) is 13.8 Å². The average Bonchev–Trinajstić information content (AvgIpc) is 2.83. The maximum absolute atomic E-state index is 12.6. The third-order valence-electron chi connectivity index (χ3n) is 5.72. The second-order valence-electron chi connectivity index (χ2n) is 7.85. The molecule has 166 valence electrons. The molecule has 3 aromatic rings. The van der Waals surface area contributed by atoms with Crippen LogP contribution in [-0.2, 0) is 0 Å². The lowest BCUT2D eigenvalue weighted by atomic mass is 10.0. The standard InChI is InChI=1S/C23H26N6O3/c1-14-11-24-9-10-29(14)19-13-25-18(12-26-19)23(31)32-22-16(3)15(2)20(27-28-22)21(30)17-7-5-4-6-8-17/h4-8,12-14,21,24,30H,9-11H2,1-3H3. The Labute approximate surface area is 186 Å². The van der Waals surface area contributed by atoms with Gasteiger partial charge in [0.25, 0.3) is 0 Å². The minimum absolute atomic E-state index is 0.0816. The highest BCUT2D eigenvalue weighted by atomic mass is 16.5.